The zero-order chi connectivity index (χ0) is 15.2. The minimum atomic E-state index is 0.417. The van der Waals surface area contributed by atoms with Crippen molar-refractivity contribution >= 4 is 0 Å². The second kappa shape index (κ2) is 8.00. The van der Waals surface area contributed by atoms with Crippen LogP contribution >= 0.6 is 0 Å². The summed E-state index contributed by atoms with van der Waals surface area (Å²) in [7, 11) is 2.12. The maximum atomic E-state index is 5.31. The van der Waals surface area contributed by atoms with Gasteiger partial charge in [0, 0.05) is 17.6 Å². The van der Waals surface area contributed by atoms with E-state index in [0.717, 1.165) is 24.3 Å². The highest BCUT2D eigenvalue weighted by Gasteiger charge is 2.34. The number of nitrogens with one attached hydrogen (secondary N) is 2. The van der Waals surface area contributed by atoms with Crippen LogP contribution in [0.2, 0.25) is 0 Å². The third-order valence-electron chi connectivity index (χ3n) is 5.14. The van der Waals surface area contributed by atoms with E-state index < -0.39 is 0 Å². The summed E-state index contributed by atoms with van der Waals surface area (Å²) in [6, 6.07) is 3.17. The van der Waals surface area contributed by atoms with Crippen LogP contribution in [0, 0.1) is 17.8 Å². The topological polar surface area (TPSA) is 37.2 Å². The normalized spacial score (nSPS) is 31.2. The van der Waals surface area contributed by atoms with Crippen molar-refractivity contribution in [3.63, 3.8) is 0 Å². The van der Waals surface area contributed by atoms with Crippen LogP contribution < -0.4 is 10.6 Å². The molecule has 0 saturated heterocycles. The molecule has 3 nitrogen and oxygen atoms in total. The molecule has 1 aliphatic rings. The van der Waals surface area contributed by atoms with E-state index in [2.05, 4.69) is 44.5 Å². The summed E-state index contributed by atoms with van der Waals surface area (Å²) in [6.45, 7) is 8.11. The zero-order valence-electron chi connectivity index (χ0n) is 14.1. The predicted molar refractivity (Wildman–Crippen MR) is 88.3 cm³/mol. The van der Waals surface area contributed by atoms with Crippen molar-refractivity contribution in [3.05, 3.63) is 24.2 Å². The van der Waals surface area contributed by atoms with E-state index >= 15 is 0 Å². The highest BCUT2D eigenvalue weighted by Crippen LogP contribution is 2.38. The fourth-order valence-corrected chi connectivity index (χ4v) is 4.04. The molecule has 1 fully saturated rings. The highest BCUT2D eigenvalue weighted by molar-refractivity contribution is 5.12. The maximum absolute atomic E-state index is 5.31. The molecule has 3 heteroatoms. The lowest BCUT2D eigenvalue weighted by Gasteiger charge is -2.41. The first-order valence-corrected chi connectivity index (χ1v) is 8.58. The Hall–Kier alpha value is -0.800. The van der Waals surface area contributed by atoms with E-state index in [4.69, 9.17) is 4.42 Å². The van der Waals surface area contributed by atoms with Crippen molar-refractivity contribution in [2.75, 3.05) is 13.6 Å². The quantitative estimate of drug-likeness (QED) is 0.798. The van der Waals surface area contributed by atoms with Crippen molar-refractivity contribution in [1.29, 1.82) is 0 Å². The number of rotatable bonds is 7. The molecule has 0 amide bonds. The third kappa shape index (κ3) is 4.33. The van der Waals surface area contributed by atoms with Crippen LogP contribution in [-0.4, -0.2) is 19.6 Å². The van der Waals surface area contributed by atoms with Gasteiger partial charge in [-0.15, -0.1) is 0 Å². The molecule has 0 radical (unpaired) electrons. The lowest BCUT2D eigenvalue weighted by atomic mass is 9.69. The molecule has 1 aliphatic carbocycles. The molecule has 1 aromatic rings. The second-order valence-corrected chi connectivity index (χ2v) is 6.91. The molecule has 120 valence electrons. The summed E-state index contributed by atoms with van der Waals surface area (Å²) in [5.41, 5.74) is 1.30. The first-order valence-electron chi connectivity index (χ1n) is 8.58. The van der Waals surface area contributed by atoms with Gasteiger partial charge in [-0.25, -0.2) is 0 Å². The standard InChI is InChI=1S/C18H32N2O/c1-5-7-20-17(15-6-8-21-12-15)11-16-14(3)9-13(2)10-18(16)19-4/h6,8,12-14,16-20H,5,7,9-11H2,1-4H3. The molecule has 1 heterocycles. The summed E-state index contributed by atoms with van der Waals surface area (Å²) >= 11 is 0. The summed E-state index contributed by atoms with van der Waals surface area (Å²) in [5, 5.41) is 7.28. The van der Waals surface area contributed by atoms with Gasteiger partial charge >= 0.3 is 0 Å². The summed E-state index contributed by atoms with van der Waals surface area (Å²) < 4.78 is 5.31. The van der Waals surface area contributed by atoms with Crippen molar-refractivity contribution in [1.82, 2.24) is 10.6 Å². The molecule has 0 spiro atoms. The third-order valence-corrected chi connectivity index (χ3v) is 5.14. The molecule has 1 saturated carbocycles. The van der Waals surface area contributed by atoms with E-state index in [-0.39, 0.29) is 0 Å². The van der Waals surface area contributed by atoms with Crippen LogP contribution in [0.5, 0.6) is 0 Å². The molecule has 5 unspecified atom stereocenters. The summed E-state index contributed by atoms with van der Waals surface area (Å²) in [6.07, 6.45) is 8.71. The minimum absolute atomic E-state index is 0.417. The molecule has 0 aromatic carbocycles. The molecular weight excluding hydrogens is 260 g/mol. The SMILES string of the molecule is CCCNC(CC1C(C)CC(C)CC1NC)c1ccoc1. The van der Waals surface area contributed by atoms with Gasteiger partial charge in [0.2, 0.25) is 0 Å². The highest BCUT2D eigenvalue weighted by atomic mass is 16.3. The van der Waals surface area contributed by atoms with Gasteiger partial charge in [0.05, 0.1) is 12.5 Å². The molecule has 2 rings (SSSR count). The Kier molecular flexibility index (Phi) is 6.31. The fourth-order valence-electron chi connectivity index (χ4n) is 4.04. The van der Waals surface area contributed by atoms with E-state index in [1.165, 1.54) is 31.2 Å². The van der Waals surface area contributed by atoms with Crippen molar-refractivity contribution in [2.45, 2.75) is 58.5 Å². The smallest absolute Gasteiger partial charge is 0.0950 e. The monoisotopic (exact) mass is 292 g/mol. The first-order chi connectivity index (χ1) is 10.2. The average molecular weight is 292 g/mol. The number of hydrogen-bond acceptors (Lipinski definition) is 3. The molecule has 5 atom stereocenters. The van der Waals surface area contributed by atoms with Crippen LogP contribution in [0.3, 0.4) is 0 Å². The molecule has 21 heavy (non-hydrogen) atoms. The molecule has 1 aromatic heterocycles. The lowest BCUT2D eigenvalue weighted by Crippen LogP contribution is -2.44. The second-order valence-electron chi connectivity index (χ2n) is 6.91. The van der Waals surface area contributed by atoms with E-state index in [1.54, 1.807) is 6.26 Å². The maximum Gasteiger partial charge on any atom is 0.0950 e. The fraction of sp³-hybridized carbons (Fsp3) is 0.778. The van der Waals surface area contributed by atoms with Crippen LogP contribution in [-0.2, 0) is 0 Å². The van der Waals surface area contributed by atoms with E-state index in [1.807, 2.05) is 6.26 Å². The van der Waals surface area contributed by atoms with Crippen molar-refractivity contribution < 1.29 is 4.42 Å². The van der Waals surface area contributed by atoms with Gasteiger partial charge in [-0.3, -0.25) is 0 Å². The lowest BCUT2D eigenvalue weighted by molar-refractivity contribution is 0.133. The molecule has 0 bridgehead atoms. The number of furan rings is 1. The largest absolute Gasteiger partial charge is 0.472 e. The van der Waals surface area contributed by atoms with Crippen LogP contribution in [0.1, 0.15) is 58.1 Å². The van der Waals surface area contributed by atoms with Gasteiger partial charge in [0.25, 0.3) is 0 Å². The van der Waals surface area contributed by atoms with Gasteiger partial charge in [0.1, 0.15) is 0 Å². The van der Waals surface area contributed by atoms with E-state index in [0.29, 0.717) is 12.1 Å². The Bertz CT molecular complexity index is 390. The van der Waals surface area contributed by atoms with Crippen LogP contribution in [0.15, 0.2) is 23.0 Å². The first kappa shape index (κ1) is 16.6. The van der Waals surface area contributed by atoms with Gasteiger partial charge in [-0.2, -0.15) is 0 Å². The Morgan fingerprint density at radius 2 is 2.14 bits per heavy atom. The van der Waals surface area contributed by atoms with Crippen LogP contribution in [0.4, 0.5) is 0 Å². The van der Waals surface area contributed by atoms with Crippen molar-refractivity contribution in [2.24, 2.45) is 17.8 Å². The van der Waals surface area contributed by atoms with E-state index in [9.17, 15) is 0 Å². The van der Waals surface area contributed by atoms with Crippen molar-refractivity contribution in [3.8, 4) is 0 Å². The van der Waals surface area contributed by atoms with Crippen LogP contribution in [0.25, 0.3) is 0 Å². The van der Waals surface area contributed by atoms with Gasteiger partial charge in [0.15, 0.2) is 0 Å². The Morgan fingerprint density at radius 1 is 1.33 bits per heavy atom. The zero-order valence-corrected chi connectivity index (χ0v) is 14.1. The Morgan fingerprint density at radius 3 is 2.76 bits per heavy atom. The minimum Gasteiger partial charge on any atom is -0.472 e. The molecule has 0 aliphatic heterocycles. The number of hydrogen-bond donors (Lipinski definition) is 2. The summed E-state index contributed by atoms with van der Waals surface area (Å²) in [5.74, 6) is 2.35. The average Bonchev–Trinajstić information content (AvgIpc) is 2.99. The Labute approximate surface area is 129 Å². The predicted octanol–water partition coefficient (Wildman–Crippen LogP) is 3.98. The molecular formula is C18H32N2O. The van der Waals surface area contributed by atoms with Gasteiger partial charge < -0.3 is 15.1 Å². The summed E-state index contributed by atoms with van der Waals surface area (Å²) in [4.78, 5) is 0. The Balaban J connectivity index is 2.06. The molecule has 2 N–H and O–H groups in total. The van der Waals surface area contributed by atoms with Gasteiger partial charge in [-0.1, -0.05) is 20.8 Å². The van der Waals surface area contributed by atoms with Gasteiger partial charge in [-0.05, 0) is 63.1 Å².